The Morgan fingerprint density at radius 1 is 1.35 bits per heavy atom. The maximum atomic E-state index is 12.1. The van der Waals surface area contributed by atoms with Crippen LogP contribution < -0.4 is 5.32 Å². The van der Waals surface area contributed by atoms with Crippen LogP contribution in [-0.4, -0.2) is 23.5 Å². The molecule has 0 saturated heterocycles. The van der Waals surface area contributed by atoms with E-state index in [1.807, 2.05) is 0 Å². The maximum absolute atomic E-state index is 12.1. The van der Waals surface area contributed by atoms with E-state index in [0.717, 1.165) is 25.5 Å². The molecule has 118 valence electrons. The fourth-order valence-electron chi connectivity index (χ4n) is 3.87. The summed E-state index contributed by atoms with van der Waals surface area (Å²) in [4.78, 5) is 22.9. The van der Waals surface area contributed by atoms with Crippen molar-refractivity contribution in [1.82, 2.24) is 5.32 Å². The molecule has 5 heteroatoms. The summed E-state index contributed by atoms with van der Waals surface area (Å²) >= 11 is 0. The fourth-order valence-corrected chi connectivity index (χ4v) is 3.87. The van der Waals surface area contributed by atoms with Gasteiger partial charge in [-0.15, -0.1) is 0 Å². The van der Waals surface area contributed by atoms with Gasteiger partial charge in [0, 0.05) is 18.0 Å². The summed E-state index contributed by atoms with van der Waals surface area (Å²) in [6.45, 7) is 0.594. The molecule has 23 heavy (non-hydrogen) atoms. The Morgan fingerprint density at radius 2 is 2.17 bits per heavy atom. The summed E-state index contributed by atoms with van der Waals surface area (Å²) in [6, 6.07) is 9.81. The van der Waals surface area contributed by atoms with Gasteiger partial charge in [-0.3, -0.25) is 4.79 Å². The molecule has 2 aromatic rings. The van der Waals surface area contributed by atoms with E-state index >= 15 is 0 Å². The Kier molecular flexibility index (Phi) is 3.04. The van der Waals surface area contributed by atoms with Gasteiger partial charge in [0.2, 0.25) is 0 Å². The molecular formula is C18H17NO4. The highest BCUT2D eigenvalue weighted by molar-refractivity contribution is 5.95. The van der Waals surface area contributed by atoms with E-state index in [1.165, 1.54) is 17.2 Å². The molecule has 1 aromatic heterocycles. The average molecular weight is 311 g/mol. The number of aromatic carboxylic acids is 1. The highest BCUT2D eigenvalue weighted by Crippen LogP contribution is 2.61. The predicted octanol–water partition coefficient (Wildman–Crippen LogP) is 2.61. The number of rotatable bonds is 4. The van der Waals surface area contributed by atoms with Gasteiger partial charge in [-0.05, 0) is 36.3 Å². The van der Waals surface area contributed by atoms with Crippen LogP contribution in [0.15, 0.2) is 41.0 Å². The molecule has 1 fully saturated rings. The topological polar surface area (TPSA) is 79.5 Å². The van der Waals surface area contributed by atoms with Gasteiger partial charge in [-0.2, -0.15) is 0 Å². The van der Waals surface area contributed by atoms with Crippen LogP contribution in [0.5, 0.6) is 0 Å². The molecule has 0 aliphatic heterocycles. The summed E-state index contributed by atoms with van der Waals surface area (Å²) in [5.41, 5.74) is 3.09. The zero-order valence-electron chi connectivity index (χ0n) is 12.5. The first-order chi connectivity index (χ1) is 11.1. The smallest absolute Gasteiger partial charge is 0.338 e. The average Bonchev–Trinajstić information content (AvgIpc) is 2.89. The number of benzene rings is 1. The molecule has 2 aliphatic rings. The van der Waals surface area contributed by atoms with Crippen LogP contribution in [0.2, 0.25) is 0 Å². The minimum atomic E-state index is -1.10. The number of carbonyl (C=O) groups excluding carboxylic acids is 1. The summed E-state index contributed by atoms with van der Waals surface area (Å²) in [6.07, 6.45) is 4.45. The Balaban J connectivity index is 1.40. The van der Waals surface area contributed by atoms with E-state index in [2.05, 4.69) is 29.6 Å². The Bertz CT molecular complexity index is 794. The highest BCUT2D eigenvalue weighted by Gasteiger charge is 2.57. The van der Waals surface area contributed by atoms with Crippen molar-refractivity contribution in [2.24, 2.45) is 5.92 Å². The Morgan fingerprint density at radius 3 is 2.96 bits per heavy atom. The van der Waals surface area contributed by atoms with Gasteiger partial charge in [0.15, 0.2) is 5.76 Å². The number of hydrogen-bond donors (Lipinski definition) is 2. The lowest BCUT2D eigenvalue weighted by atomic mass is 9.95. The Hall–Kier alpha value is -2.56. The van der Waals surface area contributed by atoms with Crippen molar-refractivity contribution in [2.45, 2.75) is 24.7 Å². The second-order valence-electron chi connectivity index (χ2n) is 6.43. The van der Waals surface area contributed by atoms with Crippen molar-refractivity contribution in [3.8, 4) is 0 Å². The molecule has 2 atom stereocenters. The molecule has 1 heterocycles. The first kappa shape index (κ1) is 14.1. The van der Waals surface area contributed by atoms with Crippen molar-refractivity contribution in [1.29, 1.82) is 0 Å². The minimum Gasteiger partial charge on any atom is -0.478 e. The predicted molar refractivity (Wildman–Crippen MR) is 82.5 cm³/mol. The molecule has 0 bridgehead atoms. The van der Waals surface area contributed by atoms with Gasteiger partial charge < -0.3 is 14.8 Å². The molecule has 1 saturated carbocycles. The number of carboxylic acids is 1. The number of carbonyl (C=O) groups is 2. The standard InChI is InChI=1S/C18H17NO4/c20-16(15-7-12(10-23-15)17(21)22)19-9-13-8-18(13)6-5-11-3-1-2-4-14(11)18/h1-4,7,10,13H,5-6,8-9H2,(H,19,20)(H,21,22)/t13-,18-/m0/s1. The number of furan rings is 1. The van der Waals surface area contributed by atoms with Crippen molar-refractivity contribution in [3.63, 3.8) is 0 Å². The fraction of sp³-hybridized carbons (Fsp3) is 0.333. The molecule has 0 radical (unpaired) electrons. The van der Waals surface area contributed by atoms with E-state index < -0.39 is 5.97 Å². The molecule has 5 nitrogen and oxygen atoms in total. The molecule has 2 N–H and O–H groups in total. The third kappa shape index (κ3) is 2.23. The minimum absolute atomic E-state index is 0.0113. The van der Waals surface area contributed by atoms with Gasteiger partial charge in [-0.1, -0.05) is 24.3 Å². The lowest BCUT2D eigenvalue weighted by Gasteiger charge is -2.11. The van der Waals surface area contributed by atoms with E-state index in [9.17, 15) is 9.59 Å². The molecule has 4 rings (SSSR count). The SMILES string of the molecule is O=C(O)c1coc(C(=O)NC[C@@H]2C[C@@]23CCc2ccccc23)c1. The highest BCUT2D eigenvalue weighted by atomic mass is 16.4. The zero-order chi connectivity index (χ0) is 16.0. The second kappa shape index (κ2) is 4.98. The van der Waals surface area contributed by atoms with Crippen LogP contribution in [0.1, 0.15) is 44.9 Å². The van der Waals surface area contributed by atoms with E-state index in [4.69, 9.17) is 9.52 Å². The van der Waals surface area contributed by atoms with E-state index in [0.29, 0.717) is 12.5 Å². The summed E-state index contributed by atoms with van der Waals surface area (Å²) in [5, 5.41) is 11.7. The third-order valence-corrected chi connectivity index (χ3v) is 5.21. The number of nitrogens with one attached hydrogen (secondary N) is 1. The van der Waals surface area contributed by atoms with Crippen LogP contribution in [-0.2, 0) is 11.8 Å². The van der Waals surface area contributed by atoms with Crippen molar-refractivity contribution in [3.05, 3.63) is 59.0 Å². The van der Waals surface area contributed by atoms with Crippen molar-refractivity contribution < 1.29 is 19.1 Å². The van der Waals surface area contributed by atoms with Crippen LogP contribution in [0.3, 0.4) is 0 Å². The largest absolute Gasteiger partial charge is 0.478 e. The molecular weight excluding hydrogens is 294 g/mol. The van der Waals surface area contributed by atoms with E-state index in [1.54, 1.807) is 0 Å². The van der Waals surface area contributed by atoms with Gasteiger partial charge in [-0.25, -0.2) is 4.79 Å². The molecule has 1 aromatic carbocycles. The summed E-state index contributed by atoms with van der Waals surface area (Å²) in [5.74, 6) is -0.963. The zero-order valence-corrected chi connectivity index (χ0v) is 12.5. The lowest BCUT2D eigenvalue weighted by molar-refractivity contribution is 0.0696. The third-order valence-electron chi connectivity index (χ3n) is 5.21. The van der Waals surface area contributed by atoms with Gasteiger partial charge in [0.1, 0.15) is 6.26 Å². The quantitative estimate of drug-likeness (QED) is 0.909. The van der Waals surface area contributed by atoms with Crippen LogP contribution in [0.4, 0.5) is 0 Å². The van der Waals surface area contributed by atoms with Crippen molar-refractivity contribution >= 4 is 11.9 Å². The lowest BCUT2D eigenvalue weighted by Crippen LogP contribution is -2.27. The number of amides is 1. The molecule has 0 unspecified atom stereocenters. The number of hydrogen-bond acceptors (Lipinski definition) is 3. The molecule has 2 aliphatic carbocycles. The number of aryl methyl sites for hydroxylation is 1. The van der Waals surface area contributed by atoms with E-state index in [-0.39, 0.29) is 22.6 Å². The normalized spacial score (nSPS) is 24.4. The number of fused-ring (bicyclic) bond motifs is 2. The van der Waals surface area contributed by atoms with Crippen LogP contribution in [0, 0.1) is 5.92 Å². The maximum Gasteiger partial charge on any atom is 0.338 e. The van der Waals surface area contributed by atoms with Crippen LogP contribution in [0.25, 0.3) is 0 Å². The van der Waals surface area contributed by atoms with Crippen LogP contribution >= 0.6 is 0 Å². The summed E-state index contributed by atoms with van der Waals surface area (Å²) < 4.78 is 5.02. The van der Waals surface area contributed by atoms with Gasteiger partial charge in [0.05, 0.1) is 5.56 Å². The van der Waals surface area contributed by atoms with Gasteiger partial charge >= 0.3 is 5.97 Å². The van der Waals surface area contributed by atoms with Crippen molar-refractivity contribution in [2.75, 3.05) is 6.54 Å². The molecule has 1 amide bonds. The first-order valence-corrected chi connectivity index (χ1v) is 7.78. The monoisotopic (exact) mass is 311 g/mol. The second-order valence-corrected chi connectivity index (χ2v) is 6.43. The first-order valence-electron chi connectivity index (χ1n) is 7.78. The molecule has 1 spiro atoms. The summed E-state index contributed by atoms with van der Waals surface area (Å²) in [7, 11) is 0. The van der Waals surface area contributed by atoms with Gasteiger partial charge in [0.25, 0.3) is 5.91 Å². The number of carboxylic acid groups (broad SMARTS) is 1. The Labute approximate surface area is 133 Å².